The fraction of sp³-hybridized carbons (Fsp3) is 0.333. The van der Waals surface area contributed by atoms with Gasteiger partial charge in [0.1, 0.15) is 0 Å². The van der Waals surface area contributed by atoms with Crippen LogP contribution >= 0.6 is 15.9 Å². The maximum atomic E-state index is 3.61. The lowest BCUT2D eigenvalue weighted by atomic mass is 9.95. The molecule has 1 atom stereocenters. The van der Waals surface area contributed by atoms with Crippen LogP contribution in [0.15, 0.2) is 46.9 Å². The van der Waals surface area contributed by atoms with Crippen molar-refractivity contribution in [3.63, 3.8) is 0 Å². The SMILES string of the molecule is CCNC(Cc1cccc(C)c1)c1ccc(Br)cc1C. The van der Waals surface area contributed by atoms with Gasteiger partial charge in [-0.05, 0) is 55.6 Å². The fourth-order valence-electron chi connectivity index (χ4n) is 2.64. The van der Waals surface area contributed by atoms with E-state index in [9.17, 15) is 0 Å². The van der Waals surface area contributed by atoms with Crippen molar-refractivity contribution in [1.82, 2.24) is 5.32 Å². The van der Waals surface area contributed by atoms with Gasteiger partial charge in [-0.25, -0.2) is 0 Å². The fourth-order valence-corrected chi connectivity index (χ4v) is 3.12. The van der Waals surface area contributed by atoms with Crippen molar-refractivity contribution in [3.8, 4) is 0 Å². The first kappa shape index (κ1) is 15.3. The van der Waals surface area contributed by atoms with Crippen molar-refractivity contribution in [1.29, 1.82) is 0 Å². The Morgan fingerprint density at radius 3 is 2.55 bits per heavy atom. The Balaban J connectivity index is 2.26. The van der Waals surface area contributed by atoms with Gasteiger partial charge in [0.05, 0.1) is 0 Å². The highest BCUT2D eigenvalue weighted by Crippen LogP contribution is 2.25. The highest BCUT2D eigenvalue weighted by molar-refractivity contribution is 9.10. The second kappa shape index (κ2) is 7.05. The number of halogens is 1. The number of hydrogen-bond donors (Lipinski definition) is 1. The zero-order valence-electron chi connectivity index (χ0n) is 12.4. The largest absolute Gasteiger partial charge is 0.310 e. The van der Waals surface area contributed by atoms with E-state index in [4.69, 9.17) is 0 Å². The van der Waals surface area contributed by atoms with Gasteiger partial charge in [-0.2, -0.15) is 0 Å². The molecule has 20 heavy (non-hydrogen) atoms. The summed E-state index contributed by atoms with van der Waals surface area (Å²) in [5.74, 6) is 0. The molecule has 1 unspecified atom stereocenters. The van der Waals surface area contributed by atoms with E-state index in [-0.39, 0.29) is 0 Å². The number of benzene rings is 2. The zero-order valence-corrected chi connectivity index (χ0v) is 14.0. The third kappa shape index (κ3) is 3.94. The quantitative estimate of drug-likeness (QED) is 0.816. The van der Waals surface area contributed by atoms with E-state index in [0.29, 0.717) is 6.04 Å². The van der Waals surface area contributed by atoms with Gasteiger partial charge in [-0.3, -0.25) is 0 Å². The predicted molar refractivity (Wildman–Crippen MR) is 90.2 cm³/mol. The van der Waals surface area contributed by atoms with Gasteiger partial charge in [0.2, 0.25) is 0 Å². The van der Waals surface area contributed by atoms with Gasteiger partial charge in [0.15, 0.2) is 0 Å². The summed E-state index contributed by atoms with van der Waals surface area (Å²) >= 11 is 3.54. The second-order valence-corrected chi connectivity index (χ2v) is 6.22. The van der Waals surface area contributed by atoms with Crippen molar-refractivity contribution < 1.29 is 0 Å². The molecule has 2 rings (SSSR count). The molecule has 0 aliphatic rings. The Hall–Kier alpha value is -1.12. The summed E-state index contributed by atoms with van der Waals surface area (Å²) in [5.41, 5.74) is 5.43. The van der Waals surface area contributed by atoms with E-state index in [0.717, 1.165) is 17.4 Å². The van der Waals surface area contributed by atoms with Crippen molar-refractivity contribution in [2.45, 2.75) is 33.2 Å². The topological polar surface area (TPSA) is 12.0 Å². The Kier molecular flexibility index (Phi) is 5.38. The van der Waals surface area contributed by atoms with E-state index in [2.05, 4.69) is 84.5 Å². The van der Waals surface area contributed by atoms with Crippen molar-refractivity contribution >= 4 is 15.9 Å². The molecule has 0 heterocycles. The van der Waals surface area contributed by atoms with Crippen LogP contribution in [0.3, 0.4) is 0 Å². The molecule has 0 amide bonds. The first-order valence-corrected chi connectivity index (χ1v) is 7.94. The maximum absolute atomic E-state index is 3.61. The zero-order chi connectivity index (χ0) is 14.5. The Morgan fingerprint density at radius 1 is 1.10 bits per heavy atom. The molecule has 0 bridgehead atoms. The summed E-state index contributed by atoms with van der Waals surface area (Å²) in [7, 11) is 0. The molecule has 0 saturated carbocycles. The monoisotopic (exact) mass is 331 g/mol. The molecular weight excluding hydrogens is 310 g/mol. The Morgan fingerprint density at radius 2 is 1.90 bits per heavy atom. The van der Waals surface area contributed by atoms with Crippen LogP contribution in [0, 0.1) is 13.8 Å². The molecule has 0 fully saturated rings. The van der Waals surface area contributed by atoms with Crippen LogP contribution in [0.4, 0.5) is 0 Å². The molecule has 1 N–H and O–H groups in total. The average Bonchev–Trinajstić information content (AvgIpc) is 2.38. The van der Waals surface area contributed by atoms with Crippen LogP contribution in [-0.4, -0.2) is 6.54 Å². The summed E-state index contributed by atoms with van der Waals surface area (Å²) in [6.07, 6.45) is 1.03. The van der Waals surface area contributed by atoms with Crippen LogP contribution in [0.1, 0.15) is 35.2 Å². The molecule has 2 aromatic carbocycles. The number of nitrogens with one attached hydrogen (secondary N) is 1. The Labute approximate surface area is 130 Å². The lowest BCUT2D eigenvalue weighted by Gasteiger charge is -2.21. The Bertz CT molecular complexity index is 577. The molecule has 0 radical (unpaired) electrons. The normalized spacial score (nSPS) is 12.4. The number of hydrogen-bond acceptors (Lipinski definition) is 1. The molecule has 2 aromatic rings. The molecule has 0 aliphatic carbocycles. The van der Waals surface area contributed by atoms with Gasteiger partial charge < -0.3 is 5.32 Å². The smallest absolute Gasteiger partial charge is 0.0363 e. The molecule has 0 spiro atoms. The highest BCUT2D eigenvalue weighted by atomic mass is 79.9. The van der Waals surface area contributed by atoms with Crippen molar-refractivity contribution in [2.24, 2.45) is 0 Å². The lowest BCUT2D eigenvalue weighted by molar-refractivity contribution is 0.547. The van der Waals surface area contributed by atoms with Crippen LogP contribution in [-0.2, 0) is 6.42 Å². The molecule has 2 heteroatoms. The predicted octanol–water partition coefficient (Wildman–Crippen LogP) is 4.96. The van der Waals surface area contributed by atoms with Gasteiger partial charge in [0, 0.05) is 10.5 Å². The van der Waals surface area contributed by atoms with Crippen molar-refractivity contribution in [2.75, 3.05) is 6.54 Å². The molecule has 1 nitrogen and oxygen atoms in total. The highest BCUT2D eigenvalue weighted by Gasteiger charge is 2.13. The first-order valence-electron chi connectivity index (χ1n) is 7.15. The lowest BCUT2D eigenvalue weighted by Crippen LogP contribution is -2.23. The van der Waals surface area contributed by atoms with Crippen LogP contribution < -0.4 is 5.32 Å². The standard InChI is InChI=1S/C18H22BrN/c1-4-20-18(12-15-7-5-6-13(2)10-15)17-9-8-16(19)11-14(17)3/h5-11,18,20H,4,12H2,1-3H3. The third-order valence-corrected chi connectivity index (χ3v) is 4.07. The van der Waals surface area contributed by atoms with Crippen LogP contribution in [0.25, 0.3) is 0 Å². The van der Waals surface area contributed by atoms with Crippen molar-refractivity contribution in [3.05, 3.63) is 69.2 Å². The first-order chi connectivity index (χ1) is 9.60. The van der Waals surface area contributed by atoms with E-state index in [1.807, 2.05) is 0 Å². The minimum Gasteiger partial charge on any atom is -0.310 e. The number of rotatable bonds is 5. The maximum Gasteiger partial charge on any atom is 0.0363 e. The third-order valence-electron chi connectivity index (χ3n) is 3.58. The summed E-state index contributed by atoms with van der Waals surface area (Å²) < 4.78 is 1.14. The van der Waals surface area contributed by atoms with Gasteiger partial charge in [-0.1, -0.05) is 58.7 Å². The summed E-state index contributed by atoms with van der Waals surface area (Å²) in [6, 6.07) is 15.7. The molecular formula is C18H22BrN. The number of aryl methyl sites for hydroxylation is 2. The molecule has 0 aromatic heterocycles. The van der Waals surface area contributed by atoms with Crippen LogP contribution in [0.2, 0.25) is 0 Å². The van der Waals surface area contributed by atoms with Gasteiger partial charge in [0.25, 0.3) is 0 Å². The van der Waals surface area contributed by atoms with E-state index in [1.54, 1.807) is 0 Å². The molecule has 106 valence electrons. The van der Waals surface area contributed by atoms with E-state index >= 15 is 0 Å². The average molecular weight is 332 g/mol. The summed E-state index contributed by atoms with van der Waals surface area (Å²) in [5, 5.41) is 3.61. The molecule has 0 saturated heterocycles. The molecule has 0 aliphatic heterocycles. The van der Waals surface area contributed by atoms with Gasteiger partial charge in [-0.15, -0.1) is 0 Å². The van der Waals surface area contributed by atoms with E-state index < -0.39 is 0 Å². The van der Waals surface area contributed by atoms with Gasteiger partial charge >= 0.3 is 0 Å². The summed E-state index contributed by atoms with van der Waals surface area (Å²) in [6.45, 7) is 7.47. The number of likely N-dealkylation sites (N-methyl/N-ethyl adjacent to an activating group) is 1. The summed E-state index contributed by atoms with van der Waals surface area (Å²) in [4.78, 5) is 0. The van der Waals surface area contributed by atoms with E-state index in [1.165, 1.54) is 22.3 Å². The van der Waals surface area contributed by atoms with Crippen LogP contribution in [0.5, 0.6) is 0 Å². The second-order valence-electron chi connectivity index (χ2n) is 5.30. The minimum atomic E-state index is 0.370. The minimum absolute atomic E-state index is 0.370.